The largest absolute Gasteiger partial charge is 2.00 e. The molecule has 0 aliphatic carbocycles. The molecule has 0 atom stereocenters. The van der Waals surface area contributed by atoms with Crippen LogP contribution in [-0.2, 0) is 33.1 Å². The summed E-state index contributed by atoms with van der Waals surface area (Å²) in [5.74, 6) is 0.289. The van der Waals surface area contributed by atoms with Gasteiger partial charge >= 0.3 is 37.7 Å². The van der Waals surface area contributed by atoms with E-state index in [-0.39, 0.29) is 49.2 Å². The first-order valence-electron chi connectivity index (χ1n) is 15.9. The maximum absolute atomic E-state index is 11.5. The number of aryl methyl sites for hydroxylation is 2. The Bertz CT molecular complexity index is 1710. The average molecular weight is 739 g/mol. The molecule has 0 spiro atoms. The van der Waals surface area contributed by atoms with Crippen molar-refractivity contribution in [3.63, 3.8) is 0 Å². The van der Waals surface area contributed by atoms with Gasteiger partial charge in [-0.3, -0.25) is 4.55 Å². The predicted octanol–water partition coefficient (Wildman–Crippen LogP) is 7.75. The predicted molar refractivity (Wildman–Crippen MR) is 186 cm³/mol. The maximum Gasteiger partial charge on any atom is 2.00 e. The standard InChI is InChI=1S/2C18H22O5S.Ca/c2*1-2-3-4-5-8-14-9-6-7-10-17(14)23-15-11-12-16(19)18(13-15)24(20,21)22;/h2*6-7,9-13,19H,2-5,8H2,1H3,(H,20,21,22);/q;;+2/p-2. The topological polar surface area (TPSA) is 173 Å². The molecule has 13 heteroatoms. The van der Waals surface area contributed by atoms with Crippen LogP contribution in [0, 0.1) is 0 Å². The van der Waals surface area contributed by atoms with Gasteiger partial charge in [0.1, 0.15) is 43.8 Å². The molecule has 260 valence electrons. The van der Waals surface area contributed by atoms with Crippen molar-refractivity contribution in [1.29, 1.82) is 0 Å². The number of phenolic OH excluding ortho intramolecular Hbond substituents is 1. The van der Waals surface area contributed by atoms with Crippen molar-refractivity contribution in [3.05, 3.63) is 96.1 Å². The Kier molecular flexibility index (Phi) is 17.9. The summed E-state index contributed by atoms with van der Waals surface area (Å²) < 4.78 is 76.5. The van der Waals surface area contributed by atoms with Gasteiger partial charge in [-0.15, -0.1) is 0 Å². The van der Waals surface area contributed by atoms with Gasteiger partial charge in [-0.1, -0.05) is 101 Å². The van der Waals surface area contributed by atoms with Gasteiger partial charge in [0.2, 0.25) is 0 Å². The van der Waals surface area contributed by atoms with E-state index >= 15 is 0 Å². The second kappa shape index (κ2) is 20.7. The van der Waals surface area contributed by atoms with E-state index in [1.54, 1.807) is 6.07 Å². The molecular weight excluding hydrogens is 697 g/mol. The maximum atomic E-state index is 11.5. The molecule has 0 radical (unpaired) electrons. The van der Waals surface area contributed by atoms with E-state index in [1.165, 1.54) is 37.5 Å². The molecule has 4 aromatic carbocycles. The Balaban J connectivity index is 0.000000333. The summed E-state index contributed by atoms with van der Waals surface area (Å²) in [6.07, 6.45) is 10.8. The molecule has 0 amide bonds. The Labute approximate surface area is 319 Å². The van der Waals surface area contributed by atoms with Crippen LogP contribution in [0.4, 0.5) is 0 Å². The number of para-hydroxylation sites is 2. The van der Waals surface area contributed by atoms with Crippen LogP contribution in [0.5, 0.6) is 34.5 Å². The second-order valence-electron chi connectivity index (χ2n) is 11.2. The van der Waals surface area contributed by atoms with Crippen LogP contribution in [0.1, 0.15) is 76.3 Å². The van der Waals surface area contributed by atoms with Gasteiger partial charge in [0.15, 0.2) is 0 Å². The van der Waals surface area contributed by atoms with E-state index in [2.05, 4.69) is 13.8 Å². The number of hydrogen-bond donors (Lipinski definition) is 2. The summed E-state index contributed by atoms with van der Waals surface area (Å²) in [5.41, 5.74) is 2.04. The van der Waals surface area contributed by atoms with E-state index < -0.39 is 41.5 Å². The smallest absolute Gasteiger partial charge is 0.872 e. The molecule has 2 N–H and O–H groups in total. The molecular formula is C36H42CaO10S2. The van der Waals surface area contributed by atoms with Gasteiger partial charge in [-0.05, 0) is 73.2 Å². The third-order valence-electron chi connectivity index (χ3n) is 7.39. The summed E-state index contributed by atoms with van der Waals surface area (Å²) >= 11 is 0. The molecule has 4 rings (SSSR count). The van der Waals surface area contributed by atoms with Crippen molar-refractivity contribution in [1.82, 2.24) is 0 Å². The molecule has 0 heterocycles. The third kappa shape index (κ3) is 14.1. The van der Waals surface area contributed by atoms with Crippen molar-refractivity contribution in [2.24, 2.45) is 0 Å². The van der Waals surface area contributed by atoms with Gasteiger partial charge < -0.3 is 24.2 Å². The van der Waals surface area contributed by atoms with Crippen molar-refractivity contribution in [2.45, 2.75) is 87.8 Å². The third-order valence-corrected chi connectivity index (χ3v) is 9.13. The van der Waals surface area contributed by atoms with Crippen molar-refractivity contribution in [2.75, 3.05) is 0 Å². The number of benzene rings is 4. The average Bonchev–Trinajstić information content (AvgIpc) is 3.04. The van der Waals surface area contributed by atoms with Crippen LogP contribution < -0.4 is 14.6 Å². The Morgan fingerprint density at radius 3 is 1.53 bits per heavy atom. The number of rotatable bonds is 16. The fraction of sp³-hybridized carbons (Fsp3) is 0.333. The van der Waals surface area contributed by atoms with E-state index in [0.717, 1.165) is 74.3 Å². The van der Waals surface area contributed by atoms with Crippen molar-refractivity contribution < 1.29 is 45.6 Å². The van der Waals surface area contributed by atoms with Gasteiger partial charge in [0, 0.05) is 6.07 Å². The minimum atomic E-state index is -4.82. The normalized spacial score (nSPS) is 11.2. The molecule has 0 aliphatic rings. The number of hydrogen-bond acceptors (Lipinski definition) is 9. The first kappa shape index (κ1) is 42.3. The molecule has 0 aromatic heterocycles. The minimum absolute atomic E-state index is 0. The monoisotopic (exact) mass is 738 g/mol. The molecule has 0 aliphatic heterocycles. The van der Waals surface area contributed by atoms with E-state index in [4.69, 9.17) is 14.0 Å². The summed E-state index contributed by atoms with van der Waals surface area (Å²) in [5, 5.41) is 21.1. The molecule has 10 nitrogen and oxygen atoms in total. The zero-order chi connectivity index (χ0) is 35.2. The van der Waals surface area contributed by atoms with Gasteiger partial charge in [0.25, 0.3) is 10.1 Å². The molecule has 49 heavy (non-hydrogen) atoms. The molecule has 0 saturated carbocycles. The van der Waals surface area contributed by atoms with Crippen LogP contribution in [0.15, 0.2) is 94.7 Å². The van der Waals surface area contributed by atoms with Crippen molar-refractivity contribution in [3.8, 4) is 34.5 Å². The first-order chi connectivity index (χ1) is 22.8. The first-order valence-corrected chi connectivity index (χ1v) is 18.8. The number of ether oxygens (including phenoxy) is 2. The number of unbranched alkanes of at least 4 members (excludes halogenated alkanes) is 6. The molecule has 0 bridgehead atoms. The van der Waals surface area contributed by atoms with Crippen LogP contribution in [0.2, 0.25) is 0 Å². The van der Waals surface area contributed by atoms with Crippen molar-refractivity contribution >= 4 is 58.0 Å². The zero-order valence-electron chi connectivity index (χ0n) is 27.8. The van der Waals surface area contributed by atoms with Gasteiger partial charge in [0.05, 0.1) is 4.90 Å². The summed E-state index contributed by atoms with van der Waals surface area (Å²) in [4.78, 5) is -1.36. The SMILES string of the molecule is CCCCCCc1ccccc1Oc1ccc(O)c(S(=O)(=O)O)c1.CCCCCCc1ccccc1Oc1ccc([O-])c(S(=O)(=O)[O-])c1.[Ca+2]. The fourth-order valence-electron chi connectivity index (χ4n) is 4.87. The second-order valence-corrected chi connectivity index (χ2v) is 13.9. The Hall–Kier alpha value is -2.84. The summed E-state index contributed by atoms with van der Waals surface area (Å²) in [7, 11) is -9.33. The summed E-state index contributed by atoms with van der Waals surface area (Å²) in [6, 6.07) is 22.2. The zero-order valence-corrected chi connectivity index (χ0v) is 31.7. The van der Waals surface area contributed by atoms with E-state index in [1.807, 2.05) is 42.5 Å². The van der Waals surface area contributed by atoms with Crippen LogP contribution in [0.25, 0.3) is 0 Å². The van der Waals surface area contributed by atoms with E-state index in [9.17, 15) is 31.6 Å². The van der Waals surface area contributed by atoms with Gasteiger partial charge in [-0.2, -0.15) is 8.42 Å². The Morgan fingerprint density at radius 1 is 0.633 bits per heavy atom. The van der Waals surface area contributed by atoms with Crippen LogP contribution >= 0.6 is 0 Å². The van der Waals surface area contributed by atoms with E-state index in [0.29, 0.717) is 11.5 Å². The Morgan fingerprint density at radius 2 is 1.08 bits per heavy atom. The molecule has 4 aromatic rings. The number of phenols is 1. The molecule has 0 unspecified atom stereocenters. The number of aromatic hydroxyl groups is 1. The molecule has 0 saturated heterocycles. The molecule has 0 fully saturated rings. The minimum Gasteiger partial charge on any atom is -0.872 e. The van der Waals surface area contributed by atoms with Crippen LogP contribution in [0.3, 0.4) is 0 Å². The van der Waals surface area contributed by atoms with Gasteiger partial charge in [-0.25, -0.2) is 8.42 Å². The fourth-order valence-corrected chi connectivity index (χ4v) is 6.04. The summed E-state index contributed by atoms with van der Waals surface area (Å²) in [6.45, 7) is 4.31. The quantitative estimate of drug-likeness (QED) is 0.0657. The van der Waals surface area contributed by atoms with Crippen LogP contribution in [-0.4, -0.2) is 68.8 Å².